The van der Waals surface area contributed by atoms with Gasteiger partial charge in [-0.2, -0.15) is 17.5 Å². The third-order valence-electron chi connectivity index (χ3n) is 2.24. The normalized spacial score (nSPS) is 14.8. The lowest BCUT2D eigenvalue weighted by Crippen LogP contribution is -2.47. The van der Waals surface area contributed by atoms with Crippen LogP contribution >= 0.6 is 12.2 Å². The summed E-state index contributed by atoms with van der Waals surface area (Å²) in [5, 5.41) is -1.25. The average Bonchev–Trinajstić information content (AvgIpc) is 2.14. The van der Waals surface area contributed by atoms with E-state index in [9.17, 15) is 21.6 Å². The van der Waals surface area contributed by atoms with Crippen molar-refractivity contribution in [2.45, 2.75) is 38.1 Å². The molecule has 1 unspecified atom stereocenters. The summed E-state index contributed by atoms with van der Waals surface area (Å²) < 4.78 is 61.5. The molecule has 0 aliphatic carbocycles. The lowest BCUT2D eigenvalue weighted by molar-refractivity contribution is -0.136. The highest BCUT2D eigenvalue weighted by molar-refractivity contribution is 7.92. The van der Waals surface area contributed by atoms with Gasteiger partial charge in [0.05, 0.1) is 4.99 Å². The zero-order valence-electron chi connectivity index (χ0n) is 10.2. The first kappa shape index (κ1) is 17.6. The van der Waals surface area contributed by atoms with Crippen molar-refractivity contribution in [1.82, 2.24) is 4.31 Å². The lowest BCUT2D eigenvalue weighted by Gasteiger charge is -2.26. The molecule has 0 aromatic heterocycles. The summed E-state index contributed by atoms with van der Waals surface area (Å²) in [4.78, 5) is -0.305. The summed E-state index contributed by atoms with van der Waals surface area (Å²) in [5.41, 5.74) is 5.28. The minimum absolute atomic E-state index is 0.0513. The minimum Gasteiger partial charge on any atom is -0.392 e. The van der Waals surface area contributed by atoms with Crippen LogP contribution in [0.3, 0.4) is 0 Å². The van der Waals surface area contributed by atoms with E-state index in [0.29, 0.717) is 4.31 Å². The summed E-state index contributed by atoms with van der Waals surface area (Å²) >= 11 is 4.60. The van der Waals surface area contributed by atoms with Crippen molar-refractivity contribution in [1.29, 1.82) is 0 Å². The molecule has 0 rings (SSSR count). The largest absolute Gasteiger partial charge is 0.402 e. The highest BCUT2D eigenvalue weighted by atomic mass is 32.2. The van der Waals surface area contributed by atoms with Crippen LogP contribution in [0.25, 0.3) is 0 Å². The van der Waals surface area contributed by atoms with Crippen molar-refractivity contribution in [2.75, 3.05) is 13.1 Å². The van der Waals surface area contributed by atoms with Gasteiger partial charge < -0.3 is 5.73 Å². The molecule has 0 aromatic carbocycles. The number of rotatable bonds is 7. The standard InChI is InChI=1S/C9H17F3N2O2S2/c1-3-5-14(6-9(10,11)12)18(15,16)7(4-2)8(13)17/h7H,3-6H2,1-2H3,(H2,13,17). The number of thiocarbonyl (C=S) groups is 1. The monoisotopic (exact) mass is 306 g/mol. The molecule has 0 heterocycles. The van der Waals surface area contributed by atoms with Crippen molar-refractivity contribution >= 4 is 27.2 Å². The van der Waals surface area contributed by atoms with Crippen molar-refractivity contribution < 1.29 is 21.6 Å². The molecule has 18 heavy (non-hydrogen) atoms. The van der Waals surface area contributed by atoms with Gasteiger partial charge in [0, 0.05) is 6.54 Å². The Morgan fingerprint density at radius 3 is 2.17 bits per heavy atom. The minimum atomic E-state index is -4.59. The molecule has 0 aliphatic heterocycles. The maximum Gasteiger partial charge on any atom is 0.402 e. The topological polar surface area (TPSA) is 63.4 Å². The number of halogens is 3. The molecule has 0 aromatic rings. The Kier molecular flexibility index (Phi) is 6.52. The van der Waals surface area contributed by atoms with E-state index >= 15 is 0 Å². The van der Waals surface area contributed by atoms with E-state index in [0.717, 1.165) is 0 Å². The molecule has 0 amide bonds. The first-order valence-corrected chi connectivity index (χ1v) is 7.32. The SMILES string of the molecule is CCCN(CC(F)(F)F)S(=O)(=O)C(CC)C(N)=S. The summed E-state index contributed by atoms with van der Waals surface area (Å²) in [6.07, 6.45) is -4.25. The smallest absolute Gasteiger partial charge is 0.392 e. The second kappa shape index (κ2) is 6.67. The van der Waals surface area contributed by atoms with E-state index in [2.05, 4.69) is 12.2 Å². The van der Waals surface area contributed by atoms with Crippen LogP contribution in [0.4, 0.5) is 13.2 Å². The molecule has 108 valence electrons. The molecular weight excluding hydrogens is 289 g/mol. The summed E-state index contributed by atoms with van der Waals surface area (Å²) in [5.74, 6) is 0. The van der Waals surface area contributed by atoms with Crippen LogP contribution in [0.5, 0.6) is 0 Å². The molecule has 0 fully saturated rings. The van der Waals surface area contributed by atoms with Gasteiger partial charge in [-0.15, -0.1) is 0 Å². The van der Waals surface area contributed by atoms with E-state index in [-0.39, 0.29) is 24.4 Å². The van der Waals surface area contributed by atoms with Crippen LogP contribution in [0.1, 0.15) is 26.7 Å². The molecule has 1 atom stereocenters. The predicted octanol–water partition coefficient (Wildman–Crippen LogP) is 1.66. The van der Waals surface area contributed by atoms with Gasteiger partial charge in [0.1, 0.15) is 11.8 Å². The number of hydrogen-bond donors (Lipinski definition) is 1. The van der Waals surface area contributed by atoms with Crippen LogP contribution in [0.2, 0.25) is 0 Å². The number of sulfonamides is 1. The van der Waals surface area contributed by atoms with E-state index in [4.69, 9.17) is 5.73 Å². The molecule has 0 aliphatic rings. The van der Waals surface area contributed by atoms with Gasteiger partial charge in [0.15, 0.2) is 0 Å². The van der Waals surface area contributed by atoms with Crippen molar-refractivity contribution in [3.63, 3.8) is 0 Å². The Morgan fingerprint density at radius 1 is 1.39 bits per heavy atom. The van der Waals surface area contributed by atoms with Crippen LogP contribution in [-0.2, 0) is 10.0 Å². The second-order valence-electron chi connectivity index (χ2n) is 3.79. The first-order chi connectivity index (χ1) is 8.06. The van der Waals surface area contributed by atoms with E-state index < -0.39 is 28.0 Å². The summed E-state index contributed by atoms with van der Waals surface area (Å²) in [7, 11) is -4.16. The average molecular weight is 306 g/mol. The Bertz CT molecular complexity index is 382. The Morgan fingerprint density at radius 2 is 1.89 bits per heavy atom. The quantitative estimate of drug-likeness (QED) is 0.727. The third kappa shape index (κ3) is 5.07. The maximum absolute atomic E-state index is 12.4. The lowest BCUT2D eigenvalue weighted by atomic mass is 10.3. The fraction of sp³-hybridized carbons (Fsp3) is 0.889. The van der Waals surface area contributed by atoms with E-state index in [1.165, 1.54) is 6.92 Å². The van der Waals surface area contributed by atoms with Gasteiger partial charge >= 0.3 is 6.18 Å². The Labute approximate surface area is 110 Å². The van der Waals surface area contributed by atoms with Crippen molar-refractivity contribution in [3.05, 3.63) is 0 Å². The highest BCUT2D eigenvalue weighted by Gasteiger charge is 2.39. The first-order valence-electron chi connectivity index (χ1n) is 5.41. The Hall–Kier alpha value is -0.410. The molecule has 2 N–H and O–H groups in total. The zero-order valence-corrected chi connectivity index (χ0v) is 11.8. The fourth-order valence-electron chi connectivity index (χ4n) is 1.48. The van der Waals surface area contributed by atoms with Crippen LogP contribution < -0.4 is 5.73 Å². The molecular formula is C9H17F3N2O2S2. The summed E-state index contributed by atoms with van der Waals surface area (Å²) in [6, 6.07) is 0. The van der Waals surface area contributed by atoms with Gasteiger partial charge in [0.25, 0.3) is 0 Å². The van der Waals surface area contributed by atoms with Crippen LogP contribution in [0, 0.1) is 0 Å². The number of nitrogens with zero attached hydrogens (tertiary/aromatic N) is 1. The van der Waals surface area contributed by atoms with Gasteiger partial charge in [-0.05, 0) is 12.8 Å². The molecule has 0 bridgehead atoms. The molecule has 0 radical (unpaired) electrons. The number of hydrogen-bond acceptors (Lipinski definition) is 3. The molecule has 0 saturated heterocycles. The van der Waals surface area contributed by atoms with Crippen LogP contribution in [-0.4, -0.2) is 42.2 Å². The van der Waals surface area contributed by atoms with E-state index in [1.807, 2.05) is 0 Å². The van der Waals surface area contributed by atoms with Crippen molar-refractivity contribution in [3.8, 4) is 0 Å². The fourth-order valence-corrected chi connectivity index (χ4v) is 3.85. The third-order valence-corrected chi connectivity index (χ3v) is 5.01. The maximum atomic E-state index is 12.4. The number of nitrogens with two attached hydrogens (primary N) is 1. The Balaban J connectivity index is 5.26. The van der Waals surface area contributed by atoms with Crippen molar-refractivity contribution in [2.24, 2.45) is 5.73 Å². The molecule has 0 spiro atoms. The highest BCUT2D eigenvalue weighted by Crippen LogP contribution is 2.22. The van der Waals surface area contributed by atoms with Crippen LogP contribution in [0.15, 0.2) is 0 Å². The number of alkyl halides is 3. The van der Waals surface area contributed by atoms with Gasteiger partial charge in [0.2, 0.25) is 10.0 Å². The zero-order chi connectivity index (χ0) is 14.6. The van der Waals surface area contributed by atoms with Gasteiger partial charge in [-0.25, -0.2) is 8.42 Å². The summed E-state index contributed by atoms with van der Waals surface area (Å²) in [6.45, 7) is 1.39. The predicted molar refractivity (Wildman–Crippen MR) is 67.7 cm³/mol. The second-order valence-corrected chi connectivity index (χ2v) is 6.38. The van der Waals surface area contributed by atoms with Gasteiger partial charge in [-0.1, -0.05) is 26.1 Å². The molecule has 4 nitrogen and oxygen atoms in total. The van der Waals surface area contributed by atoms with Gasteiger partial charge in [-0.3, -0.25) is 0 Å². The van der Waals surface area contributed by atoms with E-state index in [1.54, 1.807) is 6.92 Å². The molecule has 9 heteroatoms. The molecule has 0 saturated carbocycles.